The molecular formula is C70H66F6N8O4. The summed E-state index contributed by atoms with van der Waals surface area (Å²) in [5, 5.41) is 14.6. The molecule has 8 N–H and O–H groups in total. The molecule has 13 rings (SSSR count). The molecule has 5 aliphatic rings. The van der Waals surface area contributed by atoms with Gasteiger partial charge >= 0.3 is 12.4 Å². The lowest BCUT2D eigenvalue weighted by molar-refractivity contribution is -0.138. The quantitative estimate of drug-likeness (QED) is 0.0568. The topological polar surface area (TPSA) is 180 Å². The van der Waals surface area contributed by atoms with Gasteiger partial charge < -0.3 is 41.2 Å². The molecule has 4 aromatic carbocycles. The summed E-state index contributed by atoms with van der Waals surface area (Å²) in [6.07, 6.45) is -6.68. The number of carbonyl (C=O) groups excluding carboxylic acids is 4. The van der Waals surface area contributed by atoms with Gasteiger partial charge in [-0.05, 0) is 156 Å². The van der Waals surface area contributed by atoms with Gasteiger partial charge in [0.25, 0.3) is 0 Å². The molecule has 4 fully saturated rings. The lowest BCUT2D eigenvalue weighted by Gasteiger charge is -2.19. The van der Waals surface area contributed by atoms with Crippen molar-refractivity contribution in [1.82, 2.24) is 19.9 Å². The van der Waals surface area contributed by atoms with Crippen molar-refractivity contribution in [3.05, 3.63) is 211 Å². The van der Waals surface area contributed by atoms with Gasteiger partial charge in [0.05, 0.1) is 33.9 Å². The second kappa shape index (κ2) is 20.3. The number of aromatic nitrogens is 4. The Labute approximate surface area is 503 Å². The molecule has 12 nitrogen and oxygen atoms in total. The smallest absolute Gasteiger partial charge is 0.354 e. The van der Waals surface area contributed by atoms with Gasteiger partial charge in [0, 0.05) is 101 Å². The molecule has 1 aliphatic heterocycles. The van der Waals surface area contributed by atoms with Crippen molar-refractivity contribution in [2.45, 2.75) is 93.4 Å². The van der Waals surface area contributed by atoms with Crippen molar-refractivity contribution in [2.75, 3.05) is 21.3 Å². The van der Waals surface area contributed by atoms with Crippen LogP contribution in [-0.4, -0.2) is 43.6 Å². The summed E-state index contributed by atoms with van der Waals surface area (Å²) >= 11 is 0. The fourth-order valence-corrected chi connectivity index (χ4v) is 12.7. The zero-order valence-electron chi connectivity index (χ0n) is 49.7. The number of rotatable bonds is 12. The molecule has 4 atom stereocenters. The van der Waals surface area contributed by atoms with Gasteiger partial charge in [0.2, 0.25) is 23.6 Å². The molecule has 4 aromatic heterocycles. The fraction of sp³-hybridized carbons (Fsp3) is 0.314. The SMILES string of the molecule is CC1(C)C[C@@H]1C(=O)Nc1cccc(NC(=O)[C@@H]2CC2(C)C)c1C1=c2ccc([nH]2)=C(c2ccc(C(F)(F)F)cc2)c2ccc([nH]2)C(c2c(NC(=O)[C@H]3CC3(C)C)cccc2NC(=O)[C@@H]2CC2(C)C)=c2ccc([nH]2)=C(c2ccc(C(F)(F)F)cc2)c2ccc1[nH]2. The molecule has 0 radical (unpaired) electrons. The first-order valence-electron chi connectivity index (χ1n) is 29.6. The van der Waals surface area contributed by atoms with Crippen molar-refractivity contribution in [3.63, 3.8) is 0 Å². The normalized spacial score (nSPS) is 20.9. The number of amides is 4. The van der Waals surface area contributed by atoms with Crippen molar-refractivity contribution < 1.29 is 45.5 Å². The van der Waals surface area contributed by atoms with Crippen molar-refractivity contribution in [3.8, 4) is 0 Å². The number of nitrogens with one attached hydrogen (secondary N) is 8. The van der Waals surface area contributed by atoms with E-state index in [4.69, 9.17) is 0 Å². The minimum atomic E-state index is -4.65. The molecule has 8 bridgehead atoms. The van der Waals surface area contributed by atoms with E-state index in [-0.39, 0.29) is 69.0 Å². The number of hydrogen-bond acceptors (Lipinski definition) is 4. The number of anilines is 4. The molecule has 5 heterocycles. The first-order valence-corrected chi connectivity index (χ1v) is 29.6. The largest absolute Gasteiger partial charge is 0.416 e. The zero-order valence-corrected chi connectivity index (χ0v) is 49.7. The van der Waals surface area contributed by atoms with Crippen LogP contribution in [0.5, 0.6) is 0 Å². The van der Waals surface area contributed by atoms with Crippen LogP contribution in [0.25, 0.3) is 22.3 Å². The number of halogens is 6. The Bertz CT molecular complexity index is 4100. The standard InChI is InChI=1S/C70H66F6N8O4/c1-65(2)31-39(65)61(85)81-43-11-9-12-44(82-62(86)40-32-66(40,3)4)57(43)59-51-27-23-47(77-51)55(35-15-19-37(20-16-35)69(71,72)73)49-25-29-53(79-49)60(54-30-26-50(80-54)56(48-24-28-52(59)78-48)36-17-21-38(22-18-36)70(74,75)76)58-45(83-63(87)41-33-67(41,5)6)13-10-14-46(58)84-64(88)42-34-68(42,7)8/h9-30,39-42,77-80H,31-34H2,1-8H3,(H,81,85)(H,82,86)(H,83,87)(H,84,88)/t39-,40+,41-,42+. The van der Waals surface area contributed by atoms with Gasteiger partial charge in [-0.15, -0.1) is 0 Å². The van der Waals surface area contributed by atoms with Gasteiger partial charge in [0.1, 0.15) is 0 Å². The van der Waals surface area contributed by atoms with Crippen LogP contribution in [0.3, 0.4) is 0 Å². The maximum absolute atomic E-state index is 14.4. The highest BCUT2D eigenvalue weighted by atomic mass is 19.4. The summed E-state index contributed by atoms with van der Waals surface area (Å²) in [7, 11) is 0. The third-order valence-electron chi connectivity index (χ3n) is 18.9. The lowest BCUT2D eigenvalue weighted by Crippen LogP contribution is -2.23. The summed E-state index contributed by atoms with van der Waals surface area (Å²) in [5.74, 6) is -2.10. The highest BCUT2D eigenvalue weighted by molar-refractivity contribution is 6.06. The van der Waals surface area contributed by atoms with Crippen LogP contribution in [0, 0.1) is 45.3 Å². The monoisotopic (exact) mass is 1200 g/mol. The van der Waals surface area contributed by atoms with E-state index < -0.39 is 23.5 Å². The Balaban J connectivity index is 1.12. The summed E-state index contributed by atoms with van der Waals surface area (Å²) < 4.78 is 86.2. The predicted molar refractivity (Wildman–Crippen MR) is 326 cm³/mol. The summed E-state index contributed by atoms with van der Waals surface area (Å²) in [6, 6.07) is 34.6. The Morgan fingerprint density at radius 2 is 0.591 bits per heavy atom. The second-order valence-electron chi connectivity index (χ2n) is 27.2. The number of alkyl halides is 6. The summed E-state index contributed by atoms with van der Waals surface area (Å²) in [4.78, 5) is 71.6. The van der Waals surface area contributed by atoms with E-state index >= 15 is 0 Å². The number of hydrogen-bond donors (Lipinski definition) is 8. The molecule has 4 amide bonds. The molecule has 18 heteroatoms. The molecule has 0 spiro atoms. The fourth-order valence-electron chi connectivity index (χ4n) is 12.7. The maximum Gasteiger partial charge on any atom is 0.416 e. The Morgan fingerprint density at radius 3 is 0.830 bits per heavy atom. The first-order chi connectivity index (χ1) is 41.5. The van der Waals surface area contributed by atoms with E-state index in [9.17, 15) is 45.5 Å². The lowest BCUT2D eigenvalue weighted by atomic mass is 9.97. The van der Waals surface area contributed by atoms with Gasteiger partial charge in [0.15, 0.2) is 0 Å². The summed E-state index contributed by atoms with van der Waals surface area (Å²) in [5.41, 5.74) is 3.90. The Kier molecular flexibility index (Phi) is 13.3. The van der Waals surface area contributed by atoms with Crippen LogP contribution in [0.2, 0.25) is 0 Å². The third-order valence-corrected chi connectivity index (χ3v) is 18.9. The molecule has 0 saturated heterocycles. The van der Waals surface area contributed by atoms with Crippen LogP contribution in [0.15, 0.2) is 133 Å². The average molecular weight is 1200 g/mol. The van der Waals surface area contributed by atoms with Crippen LogP contribution < -0.4 is 42.7 Å². The molecular weight excluding hydrogens is 1130 g/mol. The average Bonchev–Trinajstić information content (AvgIpc) is 1.68. The number of carbonyl (C=O) groups is 4. The Morgan fingerprint density at radius 1 is 0.352 bits per heavy atom. The van der Waals surface area contributed by atoms with Crippen molar-refractivity contribution in [2.24, 2.45) is 45.3 Å². The zero-order chi connectivity index (χ0) is 62.4. The molecule has 88 heavy (non-hydrogen) atoms. The van der Waals surface area contributed by atoms with Crippen molar-refractivity contribution >= 4 is 68.7 Å². The van der Waals surface area contributed by atoms with Gasteiger partial charge in [-0.25, -0.2) is 0 Å². The van der Waals surface area contributed by atoms with Gasteiger partial charge in [-0.2, -0.15) is 26.3 Å². The summed E-state index contributed by atoms with van der Waals surface area (Å²) in [6.45, 7) is 16.1. The molecule has 4 saturated carbocycles. The number of aromatic amines is 4. The molecule has 452 valence electrons. The van der Waals surface area contributed by atoms with Crippen LogP contribution >= 0.6 is 0 Å². The predicted octanol–water partition coefficient (Wildman–Crippen LogP) is 12.3. The number of H-pyrrole nitrogens is 4. The van der Waals surface area contributed by atoms with Crippen LogP contribution in [0.4, 0.5) is 49.1 Å². The second-order valence-corrected chi connectivity index (χ2v) is 27.2. The van der Waals surface area contributed by atoms with Crippen LogP contribution in [0.1, 0.15) is 137 Å². The van der Waals surface area contributed by atoms with Crippen LogP contribution in [-0.2, 0) is 31.5 Å². The van der Waals surface area contributed by atoms with Gasteiger partial charge in [-0.3, -0.25) is 19.2 Å². The first kappa shape index (κ1) is 58.0. The van der Waals surface area contributed by atoms with E-state index in [0.717, 1.165) is 24.3 Å². The van der Waals surface area contributed by atoms with Gasteiger partial charge in [-0.1, -0.05) is 91.8 Å². The van der Waals surface area contributed by atoms with E-state index in [0.29, 0.717) is 137 Å². The maximum atomic E-state index is 14.4. The Hall–Kier alpha value is -9.06. The van der Waals surface area contributed by atoms with E-state index in [1.807, 2.05) is 55.4 Å². The highest BCUT2D eigenvalue weighted by Gasteiger charge is 2.53. The van der Waals surface area contributed by atoms with Crippen molar-refractivity contribution in [1.29, 1.82) is 0 Å². The number of fused-ring (bicyclic) bond motifs is 8. The van der Waals surface area contributed by atoms with E-state index in [1.54, 1.807) is 84.9 Å². The highest BCUT2D eigenvalue weighted by Crippen LogP contribution is 2.55. The number of benzene rings is 4. The molecule has 0 unspecified atom stereocenters. The molecule has 4 aliphatic carbocycles. The minimum Gasteiger partial charge on any atom is -0.354 e. The third kappa shape index (κ3) is 10.8. The van der Waals surface area contributed by atoms with E-state index in [1.165, 1.54) is 24.3 Å². The van der Waals surface area contributed by atoms with E-state index in [2.05, 4.69) is 41.2 Å². The minimum absolute atomic E-state index is 0.221. The molecule has 8 aromatic rings.